The van der Waals surface area contributed by atoms with Crippen LogP contribution in [0.1, 0.15) is 23.4 Å². The lowest BCUT2D eigenvalue weighted by atomic mass is 10.1. The van der Waals surface area contributed by atoms with Gasteiger partial charge < -0.3 is 4.90 Å². The molecule has 4 heteroatoms. The average molecular weight is 332 g/mol. The molecule has 1 aliphatic heterocycles. The monoisotopic (exact) mass is 331 g/mol. The van der Waals surface area contributed by atoms with Crippen LogP contribution in [0.3, 0.4) is 0 Å². The first-order valence-corrected chi connectivity index (χ1v) is 8.73. The van der Waals surface area contributed by atoms with Crippen LogP contribution in [0.2, 0.25) is 5.02 Å². The minimum atomic E-state index is -0.0166. The van der Waals surface area contributed by atoms with Gasteiger partial charge in [-0.3, -0.25) is 4.79 Å². The zero-order valence-electron chi connectivity index (χ0n) is 12.4. The highest BCUT2D eigenvalue weighted by Gasteiger charge is 2.38. The molecule has 0 N–H and O–H groups in total. The molecule has 0 aromatic heterocycles. The molecule has 114 valence electrons. The Morgan fingerprint density at radius 1 is 1.09 bits per heavy atom. The standard InChI is InChI=1S/C18H18ClNOS/c1-13-17(21)20(12-11-14-7-3-2-4-8-14)18(22-13)15-9-5-6-10-16(15)19/h2-10,13,18H,11-12H2,1H3. The van der Waals surface area contributed by atoms with Crippen molar-refractivity contribution < 1.29 is 4.79 Å². The third-order valence-electron chi connectivity index (χ3n) is 3.90. The minimum absolute atomic E-state index is 0.0138. The van der Waals surface area contributed by atoms with E-state index < -0.39 is 0 Å². The summed E-state index contributed by atoms with van der Waals surface area (Å²) in [6.07, 6.45) is 0.862. The van der Waals surface area contributed by atoms with E-state index in [1.165, 1.54) is 5.56 Å². The van der Waals surface area contributed by atoms with Gasteiger partial charge in [-0.25, -0.2) is 0 Å². The van der Waals surface area contributed by atoms with Gasteiger partial charge >= 0.3 is 0 Å². The lowest BCUT2D eigenvalue weighted by Gasteiger charge is -2.25. The maximum Gasteiger partial charge on any atom is 0.236 e. The van der Waals surface area contributed by atoms with Crippen LogP contribution in [0, 0.1) is 0 Å². The highest BCUT2D eigenvalue weighted by Crippen LogP contribution is 2.44. The Labute approximate surface area is 140 Å². The van der Waals surface area contributed by atoms with E-state index in [0.29, 0.717) is 0 Å². The van der Waals surface area contributed by atoms with E-state index in [-0.39, 0.29) is 16.5 Å². The predicted octanol–water partition coefficient (Wildman–Crippen LogP) is 4.55. The number of halogens is 1. The van der Waals surface area contributed by atoms with E-state index in [9.17, 15) is 4.79 Å². The summed E-state index contributed by atoms with van der Waals surface area (Å²) in [6, 6.07) is 18.1. The van der Waals surface area contributed by atoms with Crippen LogP contribution in [-0.4, -0.2) is 22.6 Å². The van der Waals surface area contributed by atoms with Crippen LogP contribution in [0.5, 0.6) is 0 Å². The van der Waals surface area contributed by atoms with Crippen molar-refractivity contribution in [1.82, 2.24) is 4.90 Å². The van der Waals surface area contributed by atoms with Gasteiger partial charge in [0.2, 0.25) is 5.91 Å². The molecule has 3 rings (SSSR count). The van der Waals surface area contributed by atoms with Crippen LogP contribution in [0.4, 0.5) is 0 Å². The molecule has 1 saturated heterocycles. The van der Waals surface area contributed by atoms with Gasteiger partial charge in [-0.2, -0.15) is 0 Å². The Morgan fingerprint density at radius 2 is 1.77 bits per heavy atom. The molecular weight excluding hydrogens is 314 g/mol. The van der Waals surface area contributed by atoms with Gasteiger partial charge in [-0.15, -0.1) is 11.8 Å². The summed E-state index contributed by atoms with van der Waals surface area (Å²) < 4.78 is 0. The number of benzene rings is 2. The van der Waals surface area contributed by atoms with Crippen molar-refractivity contribution in [2.24, 2.45) is 0 Å². The first-order valence-electron chi connectivity index (χ1n) is 7.41. The van der Waals surface area contributed by atoms with Gasteiger partial charge in [0.25, 0.3) is 0 Å². The van der Waals surface area contributed by atoms with Gasteiger partial charge in [0.05, 0.1) is 5.25 Å². The van der Waals surface area contributed by atoms with Crippen LogP contribution >= 0.6 is 23.4 Å². The molecule has 0 spiro atoms. The first-order chi connectivity index (χ1) is 10.7. The molecule has 2 atom stereocenters. The molecule has 22 heavy (non-hydrogen) atoms. The average Bonchev–Trinajstić information content (AvgIpc) is 2.82. The zero-order chi connectivity index (χ0) is 15.5. The first kappa shape index (κ1) is 15.4. The van der Waals surface area contributed by atoms with Crippen molar-refractivity contribution in [2.45, 2.75) is 24.0 Å². The van der Waals surface area contributed by atoms with E-state index >= 15 is 0 Å². The molecule has 0 saturated carbocycles. The number of carbonyl (C=O) groups is 1. The van der Waals surface area contributed by atoms with E-state index in [2.05, 4.69) is 12.1 Å². The number of nitrogens with zero attached hydrogens (tertiary/aromatic N) is 1. The molecule has 2 aromatic rings. The summed E-state index contributed by atoms with van der Waals surface area (Å²) >= 11 is 8.01. The number of hydrogen-bond acceptors (Lipinski definition) is 2. The van der Waals surface area contributed by atoms with Crippen LogP contribution in [0.15, 0.2) is 54.6 Å². The smallest absolute Gasteiger partial charge is 0.236 e. The zero-order valence-corrected chi connectivity index (χ0v) is 14.0. The van der Waals surface area contributed by atoms with Gasteiger partial charge in [0.15, 0.2) is 0 Å². The second-order valence-corrected chi connectivity index (χ2v) is 7.25. The van der Waals surface area contributed by atoms with E-state index in [1.54, 1.807) is 11.8 Å². The minimum Gasteiger partial charge on any atom is -0.325 e. The number of hydrogen-bond donors (Lipinski definition) is 0. The summed E-state index contributed by atoms with van der Waals surface area (Å²) in [4.78, 5) is 14.4. The summed E-state index contributed by atoms with van der Waals surface area (Å²) in [6.45, 7) is 2.69. The van der Waals surface area contributed by atoms with E-state index in [4.69, 9.17) is 11.6 Å². The Morgan fingerprint density at radius 3 is 2.50 bits per heavy atom. The quantitative estimate of drug-likeness (QED) is 0.819. The lowest BCUT2D eigenvalue weighted by molar-refractivity contribution is -0.129. The fourth-order valence-electron chi connectivity index (χ4n) is 2.71. The highest BCUT2D eigenvalue weighted by atomic mass is 35.5. The predicted molar refractivity (Wildman–Crippen MR) is 93.1 cm³/mol. The summed E-state index contributed by atoms with van der Waals surface area (Å²) in [7, 11) is 0. The number of rotatable bonds is 4. The Balaban J connectivity index is 1.80. The molecule has 2 nitrogen and oxygen atoms in total. The van der Waals surface area contributed by atoms with Crippen molar-refractivity contribution >= 4 is 29.3 Å². The number of carbonyl (C=O) groups excluding carboxylic acids is 1. The van der Waals surface area contributed by atoms with Gasteiger partial charge in [-0.1, -0.05) is 60.1 Å². The van der Waals surface area contributed by atoms with Gasteiger partial charge in [0.1, 0.15) is 5.37 Å². The molecule has 2 unspecified atom stereocenters. The molecule has 1 aliphatic rings. The van der Waals surface area contributed by atoms with E-state index in [0.717, 1.165) is 23.6 Å². The molecular formula is C18H18ClNOS. The van der Waals surface area contributed by atoms with Gasteiger partial charge in [0, 0.05) is 17.1 Å². The maximum absolute atomic E-state index is 12.5. The second-order valence-electron chi connectivity index (χ2n) is 5.42. The van der Waals surface area contributed by atoms with Crippen LogP contribution < -0.4 is 0 Å². The van der Waals surface area contributed by atoms with E-state index in [1.807, 2.05) is 54.3 Å². The summed E-state index contributed by atoms with van der Waals surface area (Å²) in [5.41, 5.74) is 2.28. The van der Waals surface area contributed by atoms with Crippen LogP contribution in [0.25, 0.3) is 0 Å². The summed E-state index contributed by atoms with van der Waals surface area (Å²) in [5, 5.41) is 0.726. The van der Waals surface area contributed by atoms with Crippen molar-refractivity contribution in [3.05, 3.63) is 70.7 Å². The Bertz CT molecular complexity index is 661. The molecule has 0 bridgehead atoms. The lowest BCUT2D eigenvalue weighted by Crippen LogP contribution is -2.32. The molecule has 1 amide bonds. The maximum atomic E-state index is 12.5. The third kappa shape index (κ3) is 3.16. The second kappa shape index (κ2) is 6.76. The van der Waals surface area contributed by atoms with Crippen molar-refractivity contribution in [3.8, 4) is 0 Å². The summed E-state index contributed by atoms with van der Waals surface area (Å²) in [5.74, 6) is 0.200. The largest absolute Gasteiger partial charge is 0.325 e. The Kier molecular flexibility index (Phi) is 4.74. The third-order valence-corrected chi connectivity index (χ3v) is 5.62. The normalized spacial score (nSPS) is 21.4. The molecule has 0 radical (unpaired) electrons. The van der Waals surface area contributed by atoms with Crippen molar-refractivity contribution in [2.75, 3.05) is 6.54 Å². The number of thioether (sulfide) groups is 1. The van der Waals surface area contributed by atoms with Crippen molar-refractivity contribution in [3.63, 3.8) is 0 Å². The fourth-order valence-corrected chi connectivity index (χ4v) is 4.36. The molecule has 1 fully saturated rings. The van der Waals surface area contributed by atoms with Crippen molar-refractivity contribution in [1.29, 1.82) is 0 Å². The SMILES string of the molecule is CC1SC(c2ccccc2Cl)N(CCc2ccccc2)C1=O. The molecule has 2 aromatic carbocycles. The fraction of sp³-hybridized carbons (Fsp3) is 0.278. The van der Waals surface area contributed by atoms with Gasteiger partial charge in [-0.05, 0) is 25.0 Å². The Hall–Kier alpha value is -1.45. The van der Waals surface area contributed by atoms with Crippen LogP contribution in [-0.2, 0) is 11.2 Å². The molecule has 0 aliphatic carbocycles. The number of amides is 1. The highest BCUT2D eigenvalue weighted by molar-refractivity contribution is 8.01. The topological polar surface area (TPSA) is 20.3 Å². The molecule has 1 heterocycles.